The van der Waals surface area contributed by atoms with E-state index >= 15 is 0 Å². The summed E-state index contributed by atoms with van der Waals surface area (Å²) in [7, 11) is 1.80. The van der Waals surface area contributed by atoms with Crippen molar-refractivity contribution in [3.63, 3.8) is 0 Å². The van der Waals surface area contributed by atoms with Crippen LogP contribution >= 0.6 is 0 Å². The van der Waals surface area contributed by atoms with Crippen molar-refractivity contribution in [3.05, 3.63) is 52.4 Å². The Labute approximate surface area is 154 Å². The minimum absolute atomic E-state index is 0.0407. The van der Waals surface area contributed by atoms with Crippen LogP contribution in [-0.4, -0.2) is 51.0 Å². The van der Waals surface area contributed by atoms with E-state index in [0.29, 0.717) is 6.54 Å². The van der Waals surface area contributed by atoms with Gasteiger partial charge in [-0.2, -0.15) is 0 Å². The maximum absolute atomic E-state index is 11.4. The van der Waals surface area contributed by atoms with E-state index in [1.165, 1.54) is 18.6 Å². The van der Waals surface area contributed by atoms with Crippen LogP contribution in [0, 0.1) is 16.7 Å². The summed E-state index contributed by atoms with van der Waals surface area (Å²) >= 11 is 0. The number of aromatic nitrogens is 4. The number of pyridine rings is 1. The molecule has 10 heteroatoms. The van der Waals surface area contributed by atoms with Gasteiger partial charge in [-0.1, -0.05) is 0 Å². The predicted octanol–water partition coefficient (Wildman–Crippen LogP) is 2.53. The second-order valence-electron chi connectivity index (χ2n) is 6.34. The molecule has 3 aromatic rings. The minimum atomic E-state index is -0.492. The van der Waals surface area contributed by atoms with Gasteiger partial charge < -0.3 is 14.8 Å². The number of likely N-dealkylation sites (N-methyl/N-ethyl adjacent to an activating group) is 1. The summed E-state index contributed by atoms with van der Waals surface area (Å²) in [5.41, 5.74) is 0.783. The van der Waals surface area contributed by atoms with E-state index in [1.807, 2.05) is 17.2 Å². The highest BCUT2D eigenvalue weighted by Gasteiger charge is 2.31. The van der Waals surface area contributed by atoms with E-state index in [-0.39, 0.29) is 23.2 Å². The van der Waals surface area contributed by atoms with Crippen LogP contribution in [0.4, 0.5) is 23.0 Å². The van der Waals surface area contributed by atoms with Crippen molar-refractivity contribution >= 4 is 34.0 Å². The van der Waals surface area contributed by atoms with E-state index in [2.05, 4.69) is 29.7 Å². The van der Waals surface area contributed by atoms with Gasteiger partial charge in [-0.3, -0.25) is 10.1 Å². The highest BCUT2D eigenvalue weighted by atomic mass is 16.6. The number of rotatable bonds is 4. The molecule has 136 valence electrons. The van der Waals surface area contributed by atoms with E-state index < -0.39 is 4.92 Å². The normalized spacial score (nSPS) is 16.4. The van der Waals surface area contributed by atoms with Crippen LogP contribution in [0.1, 0.15) is 6.42 Å². The molecule has 1 aliphatic rings. The Balaban J connectivity index is 1.60. The van der Waals surface area contributed by atoms with Crippen molar-refractivity contribution in [2.75, 3.05) is 29.9 Å². The first-order valence-electron chi connectivity index (χ1n) is 8.36. The molecule has 0 aromatic carbocycles. The van der Waals surface area contributed by atoms with Gasteiger partial charge in [0.05, 0.1) is 16.9 Å². The van der Waals surface area contributed by atoms with Crippen LogP contribution in [0.5, 0.6) is 0 Å². The lowest BCUT2D eigenvalue weighted by Gasteiger charge is -2.26. The molecule has 3 aromatic heterocycles. The molecule has 1 aliphatic heterocycles. The van der Waals surface area contributed by atoms with Gasteiger partial charge in [-0.05, 0) is 12.5 Å². The van der Waals surface area contributed by atoms with Crippen molar-refractivity contribution in [1.29, 1.82) is 0 Å². The zero-order valence-electron chi connectivity index (χ0n) is 14.5. The molecule has 1 fully saturated rings. The lowest BCUT2D eigenvalue weighted by molar-refractivity contribution is -0.384. The van der Waals surface area contributed by atoms with Gasteiger partial charge in [-0.15, -0.1) is 0 Å². The Bertz CT molecular complexity index is 1060. The second-order valence-corrected chi connectivity index (χ2v) is 6.34. The molecule has 4 heterocycles. The van der Waals surface area contributed by atoms with Gasteiger partial charge in [0.25, 0.3) is 0 Å². The number of nitrogens with one attached hydrogen (secondary N) is 1. The fourth-order valence-corrected chi connectivity index (χ4v) is 3.44. The fourth-order valence-electron chi connectivity index (χ4n) is 3.44. The lowest BCUT2D eigenvalue weighted by Crippen LogP contribution is -2.35. The smallest absolute Gasteiger partial charge is 0.301 e. The summed E-state index contributed by atoms with van der Waals surface area (Å²) in [5.74, 6) is 1.12. The van der Waals surface area contributed by atoms with Crippen LogP contribution in [0.3, 0.4) is 0 Å². The Kier molecular flexibility index (Phi) is 4.04. The first-order chi connectivity index (χ1) is 13.1. The van der Waals surface area contributed by atoms with Crippen LogP contribution in [0.15, 0.2) is 30.9 Å². The first-order valence-corrected chi connectivity index (χ1v) is 8.36. The Morgan fingerprint density at radius 1 is 1.44 bits per heavy atom. The van der Waals surface area contributed by atoms with Gasteiger partial charge in [0.1, 0.15) is 17.8 Å². The molecular formula is C17H16N8O2. The number of hydrogen-bond acceptors (Lipinski definition) is 7. The maximum atomic E-state index is 11.4. The molecule has 0 radical (unpaired) electrons. The molecule has 1 atom stereocenters. The topological polar surface area (TPSA) is 108 Å². The third-order valence-electron chi connectivity index (χ3n) is 4.84. The maximum Gasteiger partial charge on any atom is 0.301 e. The monoisotopic (exact) mass is 364 g/mol. The summed E-state index contributed by atoms with van der Waals surface area (Å²) in [6.07, 6.45) is 5.54. The highest BCUT2D eigenvalue weighted by molar-refractivity contribution is 5.87. The summed E-state index contributed by atoms with van der Waals surface area (Å²) in [6.45, 7) is 8.47. The highest BCUT2D eigenvalue weighted by Crippen LogP contribution is 2.33. The van der Waals surface area contributed by atoms with Crippen LogP contribution < -0.4 is 9.80 Å². The van der Waals surface area contributed by atoms with E-state index in [1.54, 1.807) is 7.05 Å². The van der Waals surface area contributed by atoms with Gasteiger partial charge >= 0.3 is 5.69 Å². The number of nitrogens with zero attached hydrogens (tertiary/aromatic N) is 7. The first kappa shape index (κ1) is 16.7. The third-order valence-corrected chi connectivity index (χ3v) is 4.84. The number of nitro groups is 1. The van der Waals surface area contributed by atoms with Gasteiger partial charge in [0, 0.05) is 44.6 Å². The summed E-state index contributed by atoms with van der Waals surface area (Å²) in [4.78, 5) is 34.0. The standard InChI is InChI=1S/C17H16N8O2/c1-18-11-7-14(25(26)27)17(20-8-11)23(2)12-4-6-24(9-12)16-13-3-5-19-15(13)21-10-22-16/h3,5,7-8,10,12H,4,6,9H2,2H3,(H,19,21,22)/t12-/m1/s1. The number of H-pyrrole nitrogens is 1. The van der Waals surface area contributed by atoms with E-state index in [0.717, 1.165) is 29.8 Å². The molecule has 0 amide bonds. The second kappa shape index (κ2) is 6.53. The van der Waals surface area contributed by atoms with Crippen molar-refractivity contribution in [2.24, 2.45) is 0 Å². The van der Waals surface area contributed by atoms with Gasteiger partial charge in [0.2, 0.25) is 11.5 Å². The zero-order chi connectivity index (χ0) is 19.0. The summed E-state index contributed by atoms with van der Waals surface area (Å²) in [6, 6.07) is 3.25. The number of aromatic amines is 1. The van der Waals surface area contributed by atoms with Crippen LogP contribution in [0.2, 0.25) is 0 Å². The Morgan fingerprint density at radius 2 is 2.30 bits per heavy atom. The zero-order valence-corrected chi connectivity index (χ0v) is 14.5. The number of hydrogen-bond donors (Lipinski definition) is 1. The largest absolute Gasteiger partial charge is 0.354 e. The fraction of sp³-hybridized carbons (Fsp3) is 0.294. The summed E-state index contributed by atoms with van der Waals surface area (Å²) < 4.78 is 0. The molecule has 0 aliphatic carbocycles. The van der Waals surface area contributed by atoms with Crippen molar-refractivity contribution < 1.29 is 4.92 Å². The average molecular weight is 364 g/mol. The molecule has 0 bridgehead atoms. The molecule has 0 saturated carbocycles. The molecular weight excluding hydrogens is 348 g/mol. The molecule has 0 spiro atoms. The predicted molar refractivity (Wildman–Crippen MR) is 100 cm³/mol. The molecule has 1 N–H and O–H groups in total. The Morgan fingerprint density at radius 3 is 3.07 bits per heavy atom. The number of fused-ring (bicyclic) bond motifs is 1. The van der Waals surface area contributed by atoms with Crippen LogP contribution in [-0.2, 0) is 0 Å². The molecule has 0 unspecified atom stereocenters. The van der Waals surface area contributed by atoms with Crippen LogP contribution in [0.25, 0.3) is 15.9 Å². The summed E-state index contributed by atoms with van der Waals surface area (Å²) in [5, 5.41) is 12.4. The molecule has 4 rings (SSSR count). The van der Waals surface area contributed by atoms with Crippen molar-refractivity contribution in [2.45, 2.75) is 12.5 Å². The molecule has 27 heavy (non-hydrogen) atoms. The van der Waals surface area contributed by atoms with Gasteiger partial charge in [0.15, 0.2) is 0 Å². The third kappa shape index (κ3) is 2.89. The number of anilines is 2. The minimum Gasteiger partial charge on any atom is -0.354 e. The van der Waals surface area contributed by atoms with E-state index in [9.17, 15) is 10.1 Å². The van der Waals surface area contributed by atoms with Crippen molar-refractivity contribution in [1.82, 2.24) is 19.9 Å². The average Bonchev–Trinajstić information content (AvgIpc) is 3.36. The SMILES string of the molecule is [C-]#[N+]c1cnc(N(C)[C@@H]2CCN(c3ncnc4[nH]ccc34)C2)c([N+](=O)[O-])c1. The van der Waals surface area contributed by atoms with Gasteiger partial charge in [-0.25, -0.2) is 19.8 Å². The van der Waals surface area contributed by atoms with E-state index in [4.69, 9.17) is 6.57 Å². The van der Waals surface area contributed by atoms with Crippen molar-refractivity contribution in [3.8, 4) is 0 Å². The lowest BCUT2D eigenvalue weighted by atomic mass is 10.2. The Hall–Kier alpha value is -3.74. The quantitative estimate of drug-likeness (QED) is 0.430. The molecule has 1 saturated heterocycles. The molecule has 10 nitrogen and oxygen atoms in total.